The first kappa shape index (κ1) is 31.0. The summed E-state index contributed by atoms with van der Waals surface area (Å²) in [5.74, 6) is -0.460. The van der Waals surface area contributed by atoms with Gasteiger partial charge in [0, 0.05) is 17.4 Å². The van der Waals surface area contributed by atoms with Crippen LogP contribution in [0.4, 0.5) is 8.78 Å². The number of hydrogen-bond acceptors (Lipinski definition) is 7. The number of carbonyl (C=O) groups is 1. The molecule has 2 aromatic carbocycles. The number of hydrogen-bond donors (Lipinski definition) is 0. The smallest absolute Gasteiger partial charge is 0.481 e. The van der Waals surface area contributed by atoms with Crippen molar-refractivity contribution in [2.45, 2.75) is 85.2 Å². The predicted molar refractivity (Wildman–Crippen MR) is 154 cm³/mol. The molecule has 0 saturated carbocycles. The molecule has 11 heteroatoms. The summed E-state index contributed by atoms with van der Waals surface area (Å²) in [6, 6.07) is 10.7. The summed E-state index contributed by atoms with van der Waals surface area (Å²) in [6.07, 6.45) is 0.235. The van der Waals surface area contributed by atoms with Crippen LogP contribution in [0.5, 0.6) is 11.6 Å². The van der Waals surface area contributed by atoms with E-state index in [0.29, 0.717) is 22.3 Å². The highest BCUT2D eigenvalue weighted by Crippen LogP contribution is 2.39. The maximum absolute atomic E-state index is 13.4. The predicted octanol–water partition coefficient (Wildman–Crippen LogP) is 6.41. The SMILES string of the molecule is Cc1c(Cc2ccc(B3OC(C)(C)C(C)(C)O3)cc2)c(OC(F)F)nc2c(Cl)ccc(OCC(=O)OC(C)(C)C)c12. The lowest BCUT2D eigenvalue weighted by Gasteiger charge is -2.32. The molecule has 0 unspecified atom stereocenters. The van der Waals surface area contributed by atoms with Crippen LogP contribution >= 0.6 is 11.6 Å². The number of alkyl halides is 2. The molecule has 0 spiro atoms. The zero-order chi connectivity index (χ0) is 30.3. The Balaban J connectivity index is 1.68. The number of pyridine rings is 1. The standard InChI is InChI=1S/C30H35BClF2NO6/c1-17-20(15-18-9-11-19(12-10-18)31-40-29(5,6)30(7,8)41-31)26(38-27(33)34)35-25-21(32)13-14-22(24(17)25)37-16-23(36)39-28(2,3)4/h9-14,27H,15-16H2,1-8H3. The molecule has 2 heterocycles. The van der Waals surface area contributed by atoms with Crippen molar-refractivity contribution in [1.29, 1.82) is 0 Å². The minimum atomic E-state index is -3.09. The van der Waals surface area contributed by atoms with Crippen LogP contribution < -0.4 is 14.9 Å². The first-order valence-electron chi connectivity index (χ1n) is 13.3. The minimum absolute atomic E-state index is 0.223. The third kappa shape index (κ3) is 6.93. The molecule has 0 bridgehead atoms. The van der Waals surface area contributed by atoms with E-state index in [0.717, 1.165) is 11.0 Å². The zero-order valence-electron chi connectivity index (χ0n) is 24.6. The number of nitrogens with zero attached hydrogens (tertiary/aromatic N) is 1. The topological polar surface area (TPSA) is 76.1 Å². The average molecular weight is 590 g/mol. The molecule has 3 aromatic rings. The van der Waals surface area contributed by atoms with Gasteiger partial charge in [-0.05, 0) is 84.1 Å². The quantitative estimate of drug-likeness (QED) is 0.222. The third-order valence-electron chi connectivity index (χ3n) is 7.24. The van der Waals surface area contributed by atoms with E-state index in [-0.39, 0.29) is 29.4 Å². The fourth-order valence-corrected chi connectivity index (χ4v) is 4.69. The molecular formula is C30H35BClF2NO6. The number of halogens is 3. The highest BCUT2D eigenvalue weighted by molar-refractivity contribution is 6.62. The summed E-state index contributed by atoms with van der Waals surface area (Å²) in [5.41, 5.74) is 1.29. The van der Waals surface area contributed by atoms with Gasteiger partial charge in [-0.25, -0.2) is 9.78 Å². The summed E-state index contributed by atoms with van der Waals surface area (Å²) < 4.78 is 55.2. The Kier molecular flexibility index (Phi) is 8.61. The van der Waals surface area contributed by atoms with Crippen molar-refractivity contribution in [3.05, 3.63) is 58.1 Å². The van der Waals surface area contributed by atoms with Crippen LogP contribution in [0.3, 0.4) is 0 Å². The number of aryl methyl sites for hydroxylation is 1. The number of benzene rings is 2. The van der Waals surface area contributed by atoms with Gasteiger partial charge in [0.05, 0.1) is 21.7 Å². The Morgan fingerprint density at radius 3 is 2.22 bits per heavy atom. The van der Waals surface area contributed by atoms with E-state index in [9.17, 15) is 13.6 Å². The van der Waals surface area contributed by atoms with E-state index in [1.807, 2.05) is 52.0 Å². The lowest BCUT2D eigenvalue weighted by Crippen LogP contribution is -2.41. The summed E-state index contributed by atoms with van der Waals surface area (Å²) in [6.45, 7) is 11.5. The first-order valence-corrected chi connectivity index (χ1v) is 13.7. The van der Waals surface area contributed by atoms with Gasteiger partial charge in [0.2, 0.25) is 5.88 Å². The summed E-state index contributed by atoms with van der Waals surface area (Å²) in [5, 5.41) is 0.719. The molecule has 41 heavy (non-hydrogen) atoms. The fourth-order valence-electron chi connectivity index (χ4n) is 4.49. The van der Waals surface area contributed by atoms with Gasteiger partial charge in [-0.15, -0.1) is 0 Å². The maximum Gasteiger partial charge on any atom is 0.494 e. The Hall–Kier alpha value is -2.95. The van der Waals surface area contributed by atoms with E-state index in [1.165, 1.54) is 6.07 Å². The first-order chi connectivity index (χ1) is 19.0. The molecule has 220 valence electrons. The van der Waals surface area contributed by atoms with Gasteiger partial charge in [-0.3, -0.25) is 0 Å². The van der Waals surface area contributed by atoms with Gasteiger partial charge in [-0.1, -0.05) is 35.9 Å². The highest BCUT2D eigenvalue weighted by Gasteiger charge is 2.51. The zero-order valence-corrected chi connectivity index (χ0v) is 25.3. The molecule has 1 aliphatic rings. The normalized spacial score (nSPS) is 16.3. The molecule has 4 rings (SSSR count). The van der Waals surface area contributed by atoms with Crippen molar-refractivity contribution in [3.8, 4) is 11.6 Å². The van der Waals surface area contributed by atoms with Crippen LogP contribution in [0.2, 0.25) is 5.02 Å². The number of ether oxygens (including phenoxy) is 3. The Bertz CT molecular complexity index is 1420. The molecule has 1 fully saturated rings. The van der Waals surface area contributed by atoms with E-state index in [4.69, 9.17) is 35.1 Å². The largest absolute Gasteiger partial charge is 0.494 e. The monoisotopic (exact) mass is 589 g/mol. The van der Waals surface area contributed by atoms with Gasteiger partial charge in [0.25, 0.3) is 0 Å². The van der Waals surface area contributed by atoms with Crippen LogP contribution in [0.1, 0.15) is 65.2 Å². The van der Waals surface area contributed by atoms with Gasteiger partial charge in [0.15, 0.2) is 6.61 Å². The second kappa shape index (κ2) is 11.4. The molecule has 1 aliphatic heterocycles. The highest BCUT2D eigenvalue weighted by atomic mass is 35.5. The summed E-state index contributed by atoms with van der Waals surface area (Å²) in [4.78, 5) is 16.6. The Labute approximate surface area is 244 Å². The molecule has 0 N–H and O–H groups in total. The van der Waals surface area contributed by atoms with E-state index < -0.39 is 36.5 Å². The van der Waals surface area contributed by atoms with Crippen LogP contribution in [0.25, 0.3) is 10.9 Å². The van der Waals surface area contributed by atoms with E-state index in [2.05, 4.69) is 4.98 Å². The maximum atomic E-state index is 13.4. The van der Waals surface area contributed by atoms with E-state index >= 15 is 0 Å². The molecule has 0 aliphatic carbocycles. The second-order valence-electron chi connectivity index (χ2n) is 12.0. The number of rotatable bonds is 8. The number of aromatic nitrogens is 1. The van der Waals surface area contributed by atoms with Gasteiger partial charge < -0.3 is 23.5 Å². The van der Waals surface area contributed by atoms with E-state index in [1.54, 1.807) is 33.8 Å². The average Bonchev–Trinajstić information content (AvgIpc) is 3.07. The second-order valence-corrected chi connectivity index (χ2v) is 12.5. The Morgan fingerprint density at radius 1 is 1.05 bits per heavy atom. The van der Waals surface area contributed by atoms with Gasteiger partial charge >= 0.3 is 19.7 Å². The third-order valence-corrected chi connectivity index (χ3v) is 7.55. The number of fused-ring (bicyclic) bond motifs is 1. The van der Waals surface area contributed by atoms with Crippen LogP contribution in [-0.4, -0.2) is 48.1 Å². The molecule has 7 nitrogen and oxygen atoms in total. The van der Waals surface area contributed by atoms with Crippen molar-refractivity contribution in [3.63, 3.8) is 0 Å². The lowest BCUT2D eigenvalue weighted by molar-refractivity contribution is -0.157. The lowest BCUT2D eigenvalue weighted by atomic mass is 9.78. The van der Waals surface area contributed by atoms with Crippen molar-refractivity contribution in [2.24, 2.45) is 0 Å². The molecule has 1 saturated heterocycles. The van der Waals surface area contributed by atoms with Crippen molar-refractivity contribution in [1.82, 2.24) is 4.98 Å². The van der Waals surface area contributed by atoms with Crippen molar-refractivity contribution in [2.75, 3.05) is 6.61 Å². The number of esters is 1. The van der Waals surface area contributed by atoms with Crippen molar-refractivity contribution < 1.29 is 37.1 Å². The summed E-state index contributed by atoms with van der Waals surface area (Å²) in [7, 11) is -0.525. The van der Waals surface area contributed by atoms with Gasteiger partial charge in [-0.2, -0.15) is 8.78 Å². The van der Waals surface area contributed by atoms with Crippen LogP contribution in [0.15, 0.2) is 36.4 Å². The van der Waals surface area contributed by atoms with Crippen LogP contribution in [-0.2, 0) is 25.3 Å². The molecule has 0 amide bonds. The fraction of sp³-hybridized carbons (Fsp3) is 0.467. The molecular weight excluding hydrogens is 555 g/mol. The molecule has 0 radical (unpaired) electrons. The summed E-state index contributed by atoms with van der Waals surface area (Å²) >= 11 is 6.42. The minimum Gasteiger partial charge on any atom is -0.481 e. The van der Waals surface area contributed by atoms with Gasteiger partial charge in [0.1, 0.15) is 11.4 Å². The Morgan fingerprint density at radius 2 is 1.66 bits per heavy atom. The van der Waals surface area contributed by atoms with Crippen LogP contribution in [0, 0.1) is 6.92 Å². The number of carbonyl (C=O) groups excluding carboxylic acids is 1. The molecule has 0 atom stereocenters. The van der Waals surface area contributed by atoms with Crippen molar-refractivity contribution >= 4 is 41.1 Å². The molecule has 1 aromatic heterocycles.